The van der Waals surface area contributed by atoms with E-state index in [2.05, 4.69) is 0 Å². The number of nitrogens with two attached hydrogens (primary N) is 1. The Labute approximate surface area is 114 Å². The van der Waals surface area contributed by atoms with E-state index < -0.39 is 0 Å². The van der Waals surface area contributed by atoms with Gasteiger partial charge in [0.1, 0.15) is 0 Å². The van der Waals surface area contributed by atoms with Crippen molar-refractivity contribution in [3.8, 4) is 0 Å². The Morgan fingerprint density at radius 3 is 2.74 bits per heavy atom. The van der Waals surface area contributed by atoms with Gasteiger partial charge in [0.15, 0.2) is 0 Å². The van der Waals surface area contributed by atoms with E-state index in [1.807, 2.05) is 32.9 Å². The van der Waals surface area contributed by atoms with Crippen LogP contribution in [0.15, 0.2) is 24.3 Å². The first kappa shape index (κ1) is 15.7. The van der Waals surface area contributed by atoms with Crippen molar-refractivity contribution in [2.45, 2.75) is 39.3 Å². The fourth-order valence-electron chi connectivity index (χ4n) is 1.50. The van der Waals surface area contributed by atoms with Crippen LogP contribution in [0.3, 0.4) is 0 Å². The molecule has 0 heterocycles. The molecule has 0 fully saturated rings. The zero-order valence-electron chi connectivity index (χ0n) is 11.9. The first-order valence-electron chi connectivity index (χ1n) is 6.55. The quantitative estimate of drug-likeness (QED) is 0.769. The fourth-order valence-corrected chi connectivity index (χ4v) is 1.50. The normalized spacial score (nSPS) is 11.4. The molecule has 2 N–H and O–H groups in total. The van der Waals surface area contributed by atoms with Gasteiger partial charge < -0.3 is 15.2 Å². The minimum atomic E-state index is -0.350. The molecular formula is C15H23NO3. The van der Waals surface area contributed by atoms with Gasteiger partial charge in [-0.25, -0.2) is 4.79 Å². The summed E-state index contributed by atoms with van der Waals surface area (Å²) in [6.45, 7) is 7.14. The van der Waals surface area contributed by atoms with Crippen LogP contribution in [0, 0.1) is 0 Å². The molecule has 0 unspecified atom stereocenters. The number of esters is 1. The molecule has 0 spiro atoms. The maximum absolute atomic E-state index is 11.7. The highest BCUT2D eigenvalue weighted by atomic mass is 16.5. The summed E-state index contributed by atoms with van der Waals surface area (Å²) in [5, 5.41) is 0. The summed E-state index contributed by atoms with van der Waals surface area (Å²) in [4.78, 5) is 11.7. The van der Waals surface area contributed by atoms with E-state index in [4.69, 9.17) is 15.2 Å². The topological polar surface area (TPSA) is 61.5 Å². The summed E-state index contributed by atoms with van der Waals surface area (Å²) >= 11 is 0. The highest BCUT2D eigenvalue weighted by Crippen LogP contribution is 2.09. The monoisotopic (exact) mass is 265 g/mol. The molecule has 0 saturated heterocycles. The minimum Gasteiger partial charge on any atom is -0.462 e. The maximum Gasteiger partial charge on any atom is 0.338 e. The summed E-state index contributed by atoms with van der Waals surface area (Å²) in [6.07, 6.45) is 0.820. The number of carbonyl (C=O) groups is 1. The van der Waals surface area contributed by atoms with Crippen LogP contribution in [-0.4, -0.2) is 24.7 Å². The largest absolute Gasteiger partial charge is 0.462 e. The van der Waals surface area contributed by atoms with Gasteiger partial charge in [0, 0.05) is 5.54 Å². The van der Waals surface area contributed by atoms with Gasteiger partial charge in [-0.3, -0.25) is 0 Å². The van der Waals surface area contributed by atoms with Crippen molar-refractivity contribution >= 4 is 5.97 Å². The molecule has 4 heteroatoms. The highest BCUT2D eigenvalue weighted by molar-refractivity contribution is 5.89. The smallest absolute Gasteiger partial charge is 0.338 e. The molecule has 0 saturated carbocycles. The highest BCUT2D eigenvalue weighted by Gasteiger charge is 2.11. The van der Waals surface area contributed by atoms with Crippen LogP contribution in [0.25, 0.3) is 0 Å². The van der Waals surface area contributed by atoms with E-state index >= 15 is 0 Å². The van der Waals surface area contributed by atoms with E-state index in [0.717, 1.165) is 12.0 Å². The lowest BCUT2D eigenvalue weighted by atomic mass is 10.1. The Morgan fingerprint density at radius 1 is 1.37 bits per heavy atom. The number of hydrogen-bond donors (Lipinski definition) is 1. The van der Waals surface area contributed by atoms with Crippen molar-refractivity contribution in [3.63, 3.8) is 0 Å². The van der Waals surface area contributed by atoms with Crippen LogP contribution in [-0.2, 0) is 16.1 Å². The Morgan fingerprint density at radius 2 is 2.11 bits per heavy atom. The molecule has 0 aliphatic heterocycles. The van der Waals surface area contributed by atoms with Gasteiger partial charge in [0.25, 0.3) is 0 Å². The van der Waals surface area contributed by atoms with Crippen molar-refractivity contribution in [3.05, 3.63) is 35.4 Å². The van der Waals surface area contributed by atoms with Crippen molar-refractivity contribution in [1.82, 2.24) is 0 Å². The van der Waals surface area contributed by atoms with Crippen molar-refractivity contribution < 1.29 is 14.3 Å². The molecule has 0 bridgehead atoms. The lowest BCUT2D eigenvalue weighted by Crippen LogP contribution is -2.37. The molecule has 19 heavy (non-hydrogen) atoms. The van der Waals surface area contributed by atoms with E-state index in [-0.39, 0.29) is 11.5 Å². The van der Waals surface area contributed by atoms with Gasteiger partial charge in [-0.1, -0.05) is 19.1 Å². The summed E-state index contributed by atoms with van der Waals surface area (Å²) in [6, 6.07) is 7.28. The second-order valence-electron chi connectivity index (χ2n) is 5.32. The summed E-state index contributed by atoms with van der Waals surface area (Å²) in [7, 11) is 0. The fraction of sp³-hybridized carbons (Fsp3) is 0.533. The van der Waals surface area contributed by atoms with Gasteiger partial charge in [-0.05, 0) is 38.0 Å². The third-order valence-electron chi connectivity index (χ3n) is 2.34. The van der Waals surface area contributed by atoms with E-state index in [9.17, 15) is 4.79 Å². The third kappa shape index (κ3) is 6.36. The van der Waals surface area contributed by atoms with Crippen LogP contribution in [0.5, 0.6) is 0 Å². The summed E-state index contributed by atoms with van der Waals surface area (Å²) in [5.41, 5.74) is 6.98. The van der Waals surface area contributed by atoms with Gasteiger partial charge in [0.2, 0.25) is 0 Å². The average Bonchev–Trinajstić information content (AvgIpc) is 2.35. The molecule has 106 valence electrons. The van der Waals surface area contributed by atoms with Crippen molar-refractivity contribution in [2.75, 3.05) is 13.2 Å². The van der Waals surface area contributed by atoms with Crippen LogP contribution >= 0.6 is 0 Å². The molecule has 0 radical (unpaired) electrons. The zero-order chi connectivity index (χ0) is 14.3. The Kier molecular flexibility index (Phi) is 5.99. The molecule has 0 aliphatic rings. The first-order valence-corrected chi connectivity index (χ1v) is 6.55. The SMILES string of the molecule is CCCOC(=O)c1cccc(COCC(C)(C)N)c1. The number of carbonyl (C=O) groups excluding carboxylic acids is 1. The molecule has 1 aromatic carbocycles. The van der Waals surface area contributed by atoms with E-state index in [0.29, 0.717) is 25.4 Å². The standard InChI is InChI=1S/C15H23NO3/c1-4-8-19-14(17)13-7-5-6-12(9-13)10-18-11-15(2,3)16/h5-7,9H,4,8,10-11,16H2,1-3H3. The van der Waals surface area contributed by atoms with Gasteiger partial charge in [-0.2, -0.15) is 0 Å². The second-order valence-corrected chi connectivity index (χ2v) is 5.32. The molecule has 0 aromatic heterocycles. The van der Waals surface area contributed by atoms with Gasteiger partial charge in [-0.15, -0.1) is 0 Å². The number of hydrogen-bond acceptors (Lipinski definition) is 4. The Hall–Kier alpha value is -1.39. The molecular weight excluding hydrogens is 242 g/mol. The summed E-state index contributed by atoms with van der Waals surface area (Å²) < 4.78 is 10.6. The molecule has 0 amide bonds. The van der Waals surface area contributed by atoms with Crippen LogP contribution in [0.2, 0.25) is 0 Å². The third-order valence-corrected chi connectivity index (χ3v) is 2.34. The van der Waals surface area contributed by atoms with E-state index in [1.165, 1.54) is 0 Å². The molecule has 0 aliphatic carbocycles. The lowest BCUT2D eigenvalue weighted by Gasteiger charge is -2.18. The molecule has 1 rings (SSSR count). The Balaban J connectivity index is 2.54. The van der Waals surface area contributed by atoms with Crippen molar-refractivity contribution in [1.29, 1.82) is 0 Å². The van der Waals surface area contributed by atoms with E-state index in [1.54, 1.807) is 12.1 Å². The second kappa shape index (κ2) is 7.26. The molecule has 1 aromatic rings. The predicted molar refractivity (Wildman–Crippen MR) is 74.9 cm³/mol. The number of ether oxygens (including phenoxy) is 2. The molecule has 0 atom stereocenters. The maximum atomic E-state index is 11.7. The lowest BCUT2D eigenvalue weighted by molar-refractivity contribution is 0.0504. The Bertz CT molecular complexity index is 410. The number of benzene rings is 1. The van der Waals surface area contributed by atoms with Crippen LogP contribution < -0.4 is 5.73 Å². The van der Waals surface area contributed by atoms with Crippen LogP contribution in [0.1, 0.15) is 43.1 Å². The van der Waals surface area contributed by atoms with Gasteiger partial charge >= 0.3 is 5.97 Å². The van der Waals surface area contributed by atoms with Crippen LogP contribution in [0.4, 0.5) is 0 Å². The summed E-state index contributed by atoms with van der Waals surface area (Å²) in [5.74, 6) is -0.289. The van der Waals surface area contributed by atoms with Gasteiger partial charge in [0.05, 0.1) is 25.4 Å². The first-order chi connectivity index (χ1) is 8.92. The average molecular weight is 265 g/mol. The molecule has 4 nitrogen and oxygen atoms in total. The zero-order valence-corrected chi connectivity index (χ0v) is 11.9. The van der Waals surface area contributed by atoms with Crippen molar-refractivity contribution in [2.24, 2.45) is 5.73 Å². The number of rotatable bonds is 7. The minimum absolute atomic E-state index is 0.289. The predicted octanol–water partition coefficient (Wildman–Crippen LogP) is 2.51.